The summed E-state index contributed by atoms with van der Waals surface area (Å²) in [5, 5.41) is 0. The van der Waals surface area contributed by atoms with Crippen LogP contribution in [0.4, 0.5) is 0 Å². The molecule has 2 saturated carbocycles. The van der Waals surface area contributed by atoms with Gasteiger partial charge in [0.25, 0.3) is 0 Å². The molecule has 0 aromatic carbocycles. The van der Waals surface area contributed by atoms with Crippen LogP contribution in [-0.2, 0) is 0 Å². The van der Waals surface area contributed by atoms with Crippen LogP contribution >= 0.6 is 0 Å². The van der Waals surface area contributed by atoms with Gasteiger partial charge in [-0.1, -0.05) is 12.8 Å². The van der Waals surface area contributed by atoms with E-state index in [9.17, 15) is 0 Å². The number of nitrogens with two attached hydrogens (primary N) is 1. The minimum absolute atomic E-state index is 0.669. The van der Waals surface area contributed by atoms with E-state index in [-0.39, 0.29) is 0 Å². The Morgan fingerprint density at radius 3 is 2.33 bits per heavy atom. The number of hydrogen-bond acceptors (Lipinski definition) is 2. The van der Waals surface area contributed by atoms with Gasteiger partial charge < -0.3 is 5.43 Å². The second kappa shape index (κ2) is 3.05. The van der Waals surface area contributed by atoms with Crippen LogP contribution in [0.5, 0.6) is 0 Å². The van der Waals surface area contributed by atoms with Gasteiger partial charge in [0.1, 0.15) is 5.84 Å². The van der Waals surface area contributed by atoms with Crippen molar-refractivity contribution >= 4 is 5.84 Å². The molecule has 0 spiro atoms. The molecule has 2 aliphatic rings. The van der Waals surface area contributed by atoms with Crippen molar-refractivity contribution in [2.45, 2.75) is 25.7 Å². The lowest BCUT2D eigenvalue weighted by Gasteiger charge is -2.04. The summed E-state index contributed by atoms with van der Waals surface area (Å²) >= 11 is 0. The monoisotopic (exact) mass is 167 g/mol. The lowest BCUT2D eigenvalue weighted by Crippen LogP contribution is -2.32. The minimum atomic E-state index is 0.669. The maximum absolute atomic E-state index is 5.40. The van der Waals surface area contributed by atoms with Gasteiger partial charge in [0.15, 0.2) is 0 Å². The summed E-state index contributed by atoms with van der Waals surface area (Å²) < 4.78 is 0. The van der Waals surface area contributed by atoms with Crippen molar-refractivity contribution in [3.63, 3.8) is 0 Å². The predicted octanol–water partition coefficient (Wildman–Crippen LogP) is 0.914. The largest absolute Gasteiger partial charge is 0.312 e. The number of hydrazine groups is 1. The van der Waals surface area contributed by atoms with Crippen molar-refractivity contribution in [2.24, 2.45) is 28.6 Å². The highest BCUT2D eigenvalue weighted by Crippen LogP contribution is 2.55. The van der Waals surface area contributed by atoms with E-state index in [4.69, 9.17) is 5.84 Å². The van der Waals surface area contributed by atoms with Crippen LogP contribution in [-0.4, -0.2) is 12.9 Å². The zero-order valence-corrected chi connectivity index (χ0v) is 7.59. The Kier molecular flexibility index (Phi) is 2.05. The molecule has 3 N–H and O–H groups in total. The van der Waals surface area contributed by atoms with Crippen LogP contribution in [0, 0.1) is 17.8 Å². The number of amidine groups is 1. The zero-order chi connectivity index (χ0) is 8.55. The molecule has 2 fully saturated rings. The third kappa shape index (κ3) is 1.12. The Balaban J connectivity index is 1.99. The van der Waals surface area contributed by atoms with E-state index in [1.807, 2.05) is 7.05 Å². The quantitative estimate of drug-likeness (QED) is 0.264. The highest BCUT2D eigenvalue weighted by atomic mass is 15.3. The average molecular weight is 167 g/mol. The van der Waals surface area contributed by atoms with Crippen LogP contribution in [0.2, 0.25) is 0 Å². The summed E-state index contributed by atoms with van der Waals surface area (Å²) in [4.78, 5) is 4.17. The molecular weight excluding hydrogens is 150 g/mol. The topological polar surface area (TPSA) is 50.4 Å². The molecule has 0 aliphatic heterocycles. The molecule has 2 aliphatic carbocycles. The van der Waals surface area contributed by atoms with Gasteiger partial charge in [0, 0.05) is 13.0 Å². The summed E-state index contributed by atoms with van der Waals surface area (Å²) in [6.45, 7) is 0. The van der Waals surface area contributed by atoms with E-state index in [2.05, 4.69) is 10.4 Å². The number of fused-ring (bicyclic) bond motifs is 1. The molecular formula is C9H17N3. The highest BCUT2D eigenvalue weighted by Gasteiger charge is 2.53. The van der Waals surface area contributed by atoms with Crippen molar-refractivity contribution < 1.29 is 0 Å². The first-order chi connectivity index (χ1) is 5.88. The molecule has 0 aromatic rings. The Labute approximate surface area is 73.4 Å². The van der Waals surface area contributed by atoms with Crippen LogP contribution in [0.3, 0.4) is 0 Å². The molecule has 2 atom stereocenters. The summed E-state index contributed by atoms with van der Waals surface area (Å²) in [6, 6.07) is 0. The molecule has 3 nitrogen and oxygen atoms in total. The number of hydrogen-bond donors (Lipinski definition) is 2. The first-order valence-corrected chi connectivity index (χ1v) is 4.81. The van der Waals surface area contributed by atoms with E-state index < -0.39 is 0 Å². The zero-order valence-electron chi connectivity index (χ0n) is 7.59. The van der Waals surface area contributed by atoms with Gasteiger partial charge in [-0.05, 0) is 24.7 Å². The smallest absolute Gasteiger partial charge is 0.114 e. The van der Waals surface area contributed by atoms with Crippen LogP contribution in [0.1, 0.15) is 25.7 Å². The maximum Gasteiger partial charge on any atom is 0.114 e. The maximum atomic E-state index is 5.40. The third-order valence-electron chi connectivity index (χ3n) is 3.36. The van der Waals surface area contributed by atoms with Crippen molar-refractivity contribution in [1.82, 2.24) is 5.43 Å². The van der Waals surface area contributed by atoms with Gasteiger partial charge in [-0.3, -0.25) is 4.99 Å². The average Bonchev–Trinajstić information content (AvgIpc) is 2.83. The molecule has 0 bridgehead atoms. The van der Waals surface area contributed by atoms with E-state index in [1.54, 1.807) is 0 Å². The van der Waals surface area contributed by atoms with E-state index >= 15 is 0 Å². The SMILES string of the molecule is CN=C(NN)C1C2CCCCC21. The summed E-state index contributed by atoms with van der Waals surface area (Å²) in [6.07, 6.45) is 5.57. The lowest BCUT2D eigenvalue weighted by atomic mass is 10.0. The van der Waals surface area contributed by atoms with E-state index in [0.717, 1.165) is 17.7 Å². The van der Waals surface area contributed by atoms with Crippen molar-refractivity contribution in [3.05, 3.63) is 0 Å². The Hall–Kier alpha value is -0.570. The van der Waals surface area contributed by atoms with Crippen LogP contribution < -0.4 is 11.3 Å². The van der Waals surface area contributed by atoms with Gasteiger partial charge in [-0.15, -0.1) is 0 Å². The van der Waals surface area contributed by atoms with Gasteiger partial charge >= 0.3 is 0 Å². The van der Waals surface area contributed by atoms with Gasteiger partial charge in [0.05, 0.1) is 0 Å². The van der Waals surface area contributed by atoms with E-state index in [1.165, 1.54) is 25.7 Å². The van der Waals surface area contributed by atoms with Crippen LogP contribution in [0.25, 0.3) is 0 Å². The van der Waals surface area contributed by atoms with Crippen LogP contribution in [0.15, 0.2) is 4.99 Å². The van der Waals surface area contributed by atoms with Crippen molar-refractivity contribution in [1.29, 1.82) is 0 Å². The van der Waals surface area contributed by atoms with Gasteiger partial charge in [-0.25, -0.2) is 5.84 Å². The molecule has 2 rings (SSSR count). The Morgan fingerprint density at radius 1 is 1.33 bits per heavy atom. The number of nitrogens with one attached hydrogen (secondary N) is 1. The molecule has 12 heavy (non-hydrogen) atoms. The van der Waals surface area contributed by atoms with Gasteiger partial charge in [-0.2, -0.15) is 0 Å². The minimum Gasteiger partial charge on any atom is -0.312 e. The lowest BCUT2D eigenvalue weighted by molar-refractivity contribution is 0.480. The summed E-state index contributed by atoms with van der Waals surface area (Å²) in [5.41, 5.74) is 2.72. The molecule has 68 valence electrons. The first-order valence-electron chi connectivity index (χ1n) is 4.81. The highest BCUT2D eigenvalue weighted by molar-refractivity contribution is 5.87. The molecule has 0 radical (unpaired) electrons. The Bertz CT molecular complexity index is 188. The van der Waals surface area contributed by atoms with Crippen molar-refractivity contribution in [2.75, 3.05) is 7.05 Å². The summed E-state index contributed by atoms with van der Waals surface area (Å²) in [5.74, 6) is 8.88. The standard InChI is InChI=1S/C9H17N3/c1-11-9(12-10)8-6-4-2-3-5-7(6)8/h6-8H,2-5,10H2,1H3,(H,11,12). The number of aliphatic imine (C=N–C) groups is 1. The molecule has 0 amide bonds. The molecule has 0 heterocycles. The second-order valence-electron chi connectivity index (χ2n) is 3.89. The van der Waals surface area contributed by atoms with Crippen molar-refractivity contribution in [3.8, 4) is 0 Å². The van der Waals surface area contributed by atoms with E-state index in [0.29, 0.717) is 5.92 Å². The normalized spacial score (nSPS) is 40.5. The number of nitrogens with zero attached hydrogens (tertiary/aromatic N) is 1. The van der Waals surface area contributed by atoms with Gasteiger partial charge in [0.2, 0.25) is 0 Å². The molecule has 3 heteroatoms. The second-order valence-corrected chi connectivity index (χ2v) is 3.89. The molecule has 0 aromatic heterocycles. The molecule has 0 saturated heterocycles. The fraction of sp³-hybridized carbons (Fsp3) is 0.889. The Morgan fingerprint density at radius 2 is 1.92 bits per heavy atom. The third-order valence-corrected chi connectivity index (χ3v) is 3.36. The fourth-order valence-electron chi connectivity index (χ4n) is 2.71. The summed E-state index contributed by atoms with van der Waals surface area (Å²) in [7, 11) is 1.82. The predicted molar refractivity (Wildman–Crippen MR) is 49.6 cm³/mol. The molecule has 2 unspecified atom stereocenters. The number of rotatable bonds is 1. The first kappa shape index (κ1) is 8.05. The fourth-order valence-corrected chi connectivity index (χ4v) is 2.71.